The minimum absolute atomic E-state index is 0.112. The van der Waals surface area contributed by atoms with Gasteiger partial charge in [0, 0.05) is 18.8 Å². The maximum absolute atomic E-state index is 10.8. The average Bonchev–Trinajstić information content (AvgIpc) is 2.52. The van der Waals surface area contributed by atoms with Crippen molar-refractivity contribution in [2.24, 2.45) is 0 Å². The van der Waals surface area contributed by atoms with Crippen molar-refractivity contribution >= 4 is 11.9 Å². The van der Waals surface area contributed by atoms with Gasteiger partial charge in [-0.25, -0.2) is 4.98 Å². The van der Waals surface area contributed by atoms with Gasteiger partial charge in [-0.1, -0.05) is 6.92 Å². The van der Waals surface area contributed by atoms with E-state index in [1.54, 1.807) is 18.5 Å². The second-order valence-electron chi connectivity index (χ2n) is 2.13. The van der Waals surface area contributed by atoms with Gasteiger partial charge in [0.1, 0.15) is 5.82 Å². The summed E-state index contributed by atoms with van der Waals surface area (Å²) in [6.45, 7) is 1.83. The van der Waals surface area contributed by atoms with Crippen molar-refractivity contribution in [1.29, 1.82) is 0 Å². The van der Waals surface area contributed by atoms with Crippen LogP contribution in [0.4, 0.5) is 0 Å². The van der Waals surface area contributed by atoms with E-state index in [0.29, 0.717) is 12.2 Å². The third kappa shape index (κ3) is 2.37. The molecule has 0 spiro atoms. The van der Waals surface area contributed by atoms with E-state index in [1.165, 1.54) is 6.08 Å². The number of aromatic nitrogens is 2. The average molecular weight is 150 g/mol. The highest BCUT2D eigenvalue weighted by Crippen LogP contribution is 1.93. The highest BCUT2D eigenvalue weighted by molar-refractivity contribution is 5.92. The minimum Gasteiger partial charge on any atom is -0.345 e. The van der Waals surface area contributed by atoms with Crippen molar-refractivity contribution in [3.8, 4) is 0 Å². The van der Waals surface area contributed by atoms with E-state index < -0.39 is 0 Å². The third-order valence-electron chi connectivity index (χ3n) is 1.29. The van der Waals surface area contributed by atoms with Gasteiger partial charge in [-0.3, -0.25) is 4.79 Å². The van der Waals surface area contributed by atoms with Gasteiger partial charge in [0.2, 0.25) is 0 Å². The molecule has 0 aliphatic rings. The van der Waals surface area contributed by atoms with Gasteiger partial charge in [0.05, 0.1) is 0 Å². The standard InChI is InChI=1S/C8H10N2O/c1-2-7(11)3-4-8-9-5-6-10-8/h3-6H,2H2,1H3,(H,9,10)/b4-3+. The first-order chi connectivity index (χ1) is 5.33. The largest absolute Gasteiger partial charge is 0.345 e. The lowest BCUT2D eigenvalue weighted by Crippen LogP contribution is -1.87. The molecule has 11 heavy (non-hydrogen) atoms. The molecule has 0 aliphatic carbocycles. The quantitative estimate of drug-likeness (QED) is 0.662. The fraction of sp³-hybridized carbons (Fsp3) is 0.250. The van der Waals surface area contributed by atoms with Crippen LogP contribution in [0.3, 0.4) is 0 Å². The zero-order valence-corrected chi connectivity index (χ0v) is 6.37. The number of nitrogens with zero attached hydrogens (tertiary/aromatic N) is 1. The molecule has 1 aromatic heterocycles. The molecule has 0 saturated heterocycles. The van der Waals surface area contributed by atoms with Gasteiger partial charge in [0.25, 0.3) is 0 Å². The molecule has 0 amide bonds. The summed E-state index contributed by atoms with van der Waals surface area (Å²) in [6, 6.07) is 0. The number of allylic oxidation sites excluding steroid dienone is 1. The van der Waals surface area contributed by atoms with Gasteiger partial charge in [-0.15, -0.1) is 0 Å². The van der Waals surface area contributed by atoms with Crippen LogP contribution in [0.1, 0.15) is 19.2 Å². The second-order valence-corrected chi connectivity index (χ2v) is 2.13. The second kappa shape index (κ2) is 3.71. The van der Waals surface area contributed by atoms with E-state index in [9.17, 15) is 4.79 Å². The normalized spacial score (nSPS) is 10.6. The van der Waals surface area contributed by atoms with E-state index in [2.05, 4.69) is 9.97 Å². The summed E-state index contributed by atoms with van der Waals surface area (Å²) >= 11 is 0. The van der Waals surface area contributed by atoms with Crippen LogP contribution in [-0.4, -0.2) is 15.8 Å². The lowest BCUT2D eigenvalue weighted by Gasteiger charge is -1.83. The van der Waals surface area contributed by atoms with Crippen molar-refractivity contribution in [1.82, 2.24) is 9.97 Å². The van der Waals surface area contributed by atoms with Gasteiger partial charge < -0.3 is 4.98 Å². The Balaban J connectivity index is 2.55. The molecule has 1 heterocycles. The molecule has 0 unspecified atom stereocenters. The summed E-state index contributed by atoms with van der Waals surface area (Å²) in [6.07, 6.45) is 7.11. The number of carbonyl (C=O) groups excluding carboxylic acids is 1. The number of carbonyl (C=O) groups is 1. The molecular formula is C8H10N2O. The van der Waals surface area contributed by atoms with Crippen LogP contribution in [0.5, 0.6) is 0 Å². The number of hydrogen-bond donors (Lipinski definition) is 1. The van der Waals surface area contributed by atoms with Gasteiger partial charge in [0.15, 0.2) is 5.78 Å². The Morgan fingerprint density at radius 1 is 1.82 bits per heavy atom. The molecule has 0 bridgehead atoms. The summed E-state index contributed by atoms with van der Waals surface area (Å²) in [4.78, 5) is 17.6. The number of H-pyrrole nitrogens is 1. The Labute approximate surface area is 65.2 Å². The first-order valence-corrected chi connectivity index (χ1v) is 3.53. The third-order valence-corrected chi connectivity index (χ3v) is 1.29. The number of ketones is 1. The van der Waals surface area contributed by atoms with Crippen molar-refractivity contribution in [2.75, 3.05) is 0 Å². The van der Waals surface area contributed by atoms with Crippen LogP contribution >= 0.6 is 0 Å². The van der Waals surface area contributed by atoms with Crippen molar-refractivity contribution in [2.45, 2.75) is 13.3 Å². The molecule has 3 nitrogen and oxygen atoms in total. The smallest absolute Gasteiger partial charge is 0.155 e. The summed E-state index contributed by atoms with van der Waals surface area (Å²) in [5.41, 5.74) is 0. The Morgan fingerprint density at radius 3 is 3.18 bits per heavy atom. The molecule has 0 atom stereocenters. The Kier molecular flexibility index (Phi) is 2.60. The molecule has 3 heteroatoms. The molecule has 0 aromatic carbocycles. The van der Waals surface area contributed by atoms with Crippen LogP contribution in [0, 0.1) is 0 Å². The number of imidazole rings is 1. The summed E-state index contributed by atoms with van der Waals surface area (Å²) in [7, 11) is 0. The molecule has 1 aromatic rings. The van der Waals surface area contributed by atoms with Crippen molar-refractivity contribution < 1.29 is 4.79 Å². The molecule has 1 rings (SSSR count). The lowest BCUT2D eigenvalue weighted by molar-refractivity contribution is -0.114. The molecule has 58 valence electrons. The van der Waals surface area contributed by atoms with Crippen molar-refractivity contribution in [3.05, 3.63) is 24.3 Å². The zero-order chi connectivity index (χ0) is 8.10. The van der Waals surface area contributed by atoms with E-state index in [-0.39, 0.29) is 5.78 Å². The van der Waals surface area contributed by atoms with Gasteiger partial charge in [-0.2, -0.15) is 0 Å². The van der Waals surface area contributed by atoms with Crippen LogP contribution in [0.2, 0.25) is 0 Å². The minimum atomic E-state index is 0.112. The van der Waals surface area contributed by atoms with Gasteiger partial charge in [-0.05, 0) is 12.2 Å². The maximum Gasteiger partial charge on any atom is 0.155 e. The summed E-state index contributed by atoms with van der Waals surface area (Å²) in [5.74, 6) is 0.827. The highest BCUT2D eigenvalue weighted by Gasteiger charge is 1.90. The number of hydrogen-bond acceptors (Lipinski definition) is 2. The maximum atomic E-state index is 10.8. The summed E-state index contributed by atoms with van der Waals surface area (Å²) in [5, 5.41) is 0. The fourth-order valence-electron chi connectivity index (χ4n) is 0.658. The number of aromatic amines is 1. The SMILES string of the molecule is CCC(=O)/C=C/c1ncc[nH]1. The molecule has 0 aliphatic heterocycles. The summed E-state index contributed by atoms with van der Waals surface area (Å²) < 4.78 is 0. The number of nitrogens with one attached hydrogen (secondary N) is 1. The lowest BCUT2D eigenvalue weighted by atomic mass is 10.3. The Morgan fingerprint density at radius 2 is 2.64 bits per heavy atom. The topological polar surface area (TPSA) is 45.8 Å². The molecule has 1 N–H and O–H groups in total. The molecule has 0 radical (unpaired) electrons. The van der Waals surface area contributed by atoms with E-state index in [0.717, 1.165) is 0 Å². The van der Waals surface area contributed by atoms with Gasteiger partial charge >= 0.3 is 0 Å². The highest BCUT2D eigenvalue weighted by atomic mass is 16.1. The van der Waals surface area contributed by atoms with Crippen LogP contribution in [-0.2, 0) is 4.79 Å². The Hall–Kier alpha value is -1.38. The number of rotatable bonds is 3. The van der Waals surface area contributed by atoms with E-state index in [1.807, 2.05) is 6.92 Å². The predicted octanol–water partition coefficient (Wildman–Crippen LogP) is 1.40. The molecular weight excluding hydrogens is 140 g/mol. The fourth-order valence-corrected chi connectivity index (χ4v) is 0.658. The molecule has 0 fully saturated rings. The monoisotopic (exact) mass is 150 g/mol. The van der Waals surface area contributed by atoms with Crippen LogP contribution in [0.25, 0.3) is 6.08 Å². The van der Waals surface area contributed by atoms with Crippen LogP contribution < -0.4 is 0 Å². The zero-order valence-electron chi connectivity index (χ0n) is 6.37. The molecule has 0 saturated carbocycles. The predicted molar refractivity (Wildman–Crippen MR) is 42.9 cm³/mol. The first kappa shape index (κ1) is 7.72. The Bertz CT molecular complexity index is 249. The van der Waals surface area contributed by atoms with E-state index >= 15 is 0 Å². The van der Waals surface area contributed by atoms with Crippen LogP contribution in [0.15, 0.2) is 18.5 Å². The first-order valence-electron chi connectivity index (χ1n) is 3.53. The van der Waals surface area contributed by atoms with Crippen molar-refractivity contribution in [3.63, 3.8) is 0 Å². The van der Waals surface area contributed by atoms with E-state index in [4.69, 9.17) is 0 Å².